The van der Waals surface area contributed by atoms with Gasteiger partial charge in [0.25, 0.3) is 0 Å². The molecule has 1 aromatic rings. The molecule has 4 rings (SSSR count). The third-order valence-electron chi connectivity index (χ3n) is 6.02. The molecule has 0 spiro atoms. The third kappa shape index (κ3) is 3.86. The second-order valence-electron chi connectivity index (χ2n) is 8.17. The summed E-state index contributed by atoms with van der Waals surface area (Å²) >= 11 is 0. The largest absolute Gasteiger partial charge is 0.456 e. The van der Waals surface area contributed by atoms with Crippen LogP contribution in [0.4, 0.5) is 4.79 Å². The SMILES string of the molecule is Cc1ccc(C)c([C@H]2NC(=O)N(CC(=O)NC3CCCCC3)C3=C2C(=O)OC3)c1. The molecule has 7 nitrogen and oxygen atoms in total. The molecule has 7 heteroatoms. The second kappa shape index (κ2) is 7.89. The van der Waals surface area contributed by atoms with Crippen LogP contribution >= 0.6 is 0 Å². The van der Waals surface area contributed by atoms with E-state index < -0.39 is 12.0 Å². The molecule has 1 aromatic carbocycles. The van der Waals surface area contributed by atoms with E-state index in [9.17, 15) is 14.4 Å². The Morgan fingerprint density at radius 2 is 1.97 bits per heavy atom. The number of amides is 3. The fraction of sp³-hybridized carbons (Fsp3) is 0.500. The van der Waals surface area contributed by atoms with Crippen molar-refractivity contribution in [2.75, 3.05) is 13.2 Å². The highest BCUT2D eigenvalue weighted by atomic mass is 16.5. The van der Waals surface area contributed by atoms with Crippen LogP contribution in [-0.2, 0) is 14.3 Å². The molecule has 0 bridgehead atoms. The van der Waals surface area contributed by atoms with Crippen molar-refractivity contribution in [2.24, 2.45) is 0 Å². The Morgan fingerprint density at radius 3 is 2.72 bits per heavy atom. The Morgan fingerprint density at radius 1 is 1.21 bits per heavy atom. The van der Waals surface area contributed by atoms with Crippen molar-refractivity contribution in [3.63, 3.8) is 0 Å². The zero-order valence-corrected chi connectivity index (χ0v) is 16.9. The molecule has 0 unspecified atom stereocenters. The van der Waals surface area contributed by atoms with Gasteiger partial charge < -0.3 is 15.4 Å². The van der Waals surface area contributed by atoms with Gasteiger partial charge in [-0.3, -0.25) is 9.69 Å². The highest BCUT2D eigenvalue weighted by Crippen LogP contribution is 2.36. The summed E-state index contributed by atoms with van der Waals surface area (Å²) in [7, 11) is 0. The first-order chi connectivity index (χ1) is 13.9. The fourth-order valence-corrected chi connectivity index (χ4v) is 4.45. The summed E-state index contributed by atoms with van der Waals surface area (Å²) in [6.07, 6.45) is 5.38. The first-order valence-corrected chi connectivity index (χ1v) is 10.3. The number of hydrogen-bond donors (Lipinski definition) is 2. The van der Waals surface area contributed by atoms with Gasteiger partial charge in [0.15, 0.2) is 0 Å². The maximum Gasteiger partial charge on any atom is 0.338 e. The van der Waals surface area contributed by atoms with Gasteiger partial charge in [-0.25, -0.2) is 9.59 Å². The van der Waals surface area contributed by atoms with E-state index in [0.717, 1.165) is 42.4 Å². The van der Waals surface area contributed by atoms with Crippen molar-refractivity contribution in [3.8, 4) is 0 Å². The normalized spacial score (nSPS) is 22.3. The number of hydrogen-bond acceptors (Lipinski definition) is 4. The lowest BCUT2D eigenvalue weighted by atomic mass is 9.91. The summed E-state index contributed by atoms with van der Waals surface area (Å²) in [5.74, 6) is -0.646. The molecular formula is C22H27N3O4. The minimum atomic E-state index is -0.565. The van der Waals surface area contributed by atoms with E-state index in [4.69, 9.17) is 4.74 Å². The number of aryl methyl sites for hydroxylation is 2. The molecule has 2 heterocycles. The molecule has 0 radical (unpaired) electrons. The lowest BCUT2D eigenvalue weighted by Crippen LogP contribution is -2.51. The Labute approximate surface area is 170 Å². The van der Waals surface area contributed by atoms with Gasteiger partial charge in [0.1, 0.15) is 13.2 Å². The highest BCUT2D eigenvalue weighted by molar-refractivity contribution is 5.98. The van der Waals surface area contributed by atoms with Crippen LogP contribution in [0.15, 0.2) is 29.5 Å². The van der Waals surface area contributed by atoms with Crippen LogP contribution in [-0.4, -0.2) is 42.0 Å². The van der Waals surface area contributed by atoms with Gasteiger partial charge in [-0.2, -0.15) is 0 Å². The number of carbonyl (C=O) groups is 3. The number of nitrogens with zero attached hydrogens (tertiary/aromatic N) is 1. The predicted molar refractivity (Wildman–Crippen MR) is 107 cm³/mol. The van der Waals surface area contributed by atoms with Crippen molar-refractivity contribution in [3.05, 3.63) is 46.2 Å². The smallest absolute Gasteiger partial charge is 0.338 e. The summed E-state index contributed by atoms with van der Waals surface area (Å²) in [5, 5.41) is 5.94. The molecule has 0 saturated heterocycles. The topological polar surface area (TPSA) is 87.7 Å². The predicted octanol–water partition coefficient (Wildman–Crippen LogP) is 2.63. The van der Waals surface area contributed by atoms with Crippen LogP contribution in [0.3, 0.4) is 0 Å². The van der Waals surface area contributed by atoms with Crippen molar-refractivity contribution >= 4 is 17.9 Å². The number of cyclic esters (lactones) is 1. The Balaban J connectivity index is 1.59. The molecular weight excluding hydrogens is 370 g/mol. The quantitative estimate of drug-likeness (QED) is 0.765. The monoisotopic (exact) mass is 397 g/mol. The standard InChI is InChI=1S/C22H27N3O4/c1-13-8-9-14(2)16(10-13)20-19-17(12-29-21(19)27)25(22(28)24-20)11-18(26)23-15-6-4-3-5-7-15/h8-10,15,20H,3-7,11-12H2,1-2H3,(H,23,26)(H,24,28)/t20-/m1/s1. The van der Waals surface area contributed by atoms with Crippen LogP contribution < -0.4 is 10.6 Å². The Kier molecular flexibility index (Phi) is 5.30. The lowest BCUT2D eigenvalue weighted by molar-refractivity contribution is -0.136. The van der Waals surface area contributed by atoms with Gasteiger partial charge >= 0.3 is 12.0 Å². The number of nitrogens with one attached hydrogen (secondary N) is 2. The summed E-state index contributed by atoms with van der Waals surface area (Å²) in [6.45, 7) is 3.82. The number of esters is 1. The van der Waals surface area contributed by atoms with E-state index in [1.165, 1.54) is 11.3 Å². The van der Waals surface area contributed by atoms with Crippen LogP contribution in [0.5, 0.6) is 0 Å². The van der Waals surface area contributed by atoms with Gasteiger partial charge in [-0.05, 0) is 37.8 Å². The van der Waals surface area contributed by atoms with Crippen LogP contribution in [0.25, 0.3) is 0 Å². The Hall–Kier alpha value is -2.83. The van der Waals surface area contributed by atoms with Crippen molar-refractivity contribution in [1.29, 1.82) is 0 Å². The first kappa shape index (κ1) is 19.5. The fourth-order valence-electron chi connectivity index (χ4n) is 4.45. The molecule has 2 aliphatic heterocycles. The van der Waals surface area contributed by atoms with E-state index in [0.29, 0.717) is 11.3 Å². The van der Waals surface area contributed by atoms with E-state index >= 15 is 0 Å². The average molecular weight is 397 g/mol. The number of ether oxygens (including phenoxy) is 1. The average Bonchev–Trinajstić information content (AvgIpc) is 3.08. The molecule has 1 aliphatic carbocycles. The first-order valence-electron chi connectivity index (χ1n) is 10.3. The summed E-state index contributed by atoms with van der Waals surface area (Å²) in [6, 6.07) is 5.16. The third-order valence-corrected chi connectivity index (χ3v) is 6.02. The molecule has 1 saturated carbocycles. The lowest BCUT2D eigenvalue weighted by Gasteiger charge is -2.33. The molecule has 0 aromatic heterocycles. The minimum absolute atomic E-state index is 0.0136. The molecule has 1 fully saturated rings. The van der Waals surface area contributed by atoms with Crippen molar-refractivity contribution < 1.29 is 19.1 Å². The van der Waals surface area contributed by atoms with Gasteiger partial charge in [0.2, 0.25) is 5.91 Å². The molecule has 154 valence electrons. The number of carbonyl (C=O) groups excluding carboxylic acids is 3. The van der Waals surface area contributed by atoms with Crippen molar-refractivity contribution in [1.82, 2.24) is 15.5 Å². The number of rotatable bonds is 4. The van der Waals surface area contributed by atoms with Gasteiger partial charge in [-0.1, -0.05) is 43.0 Å². The zero-order valence-electron chi connectivity index (χ0n) is 16.9. The van der Waals surface area contributed by atoms with E-state index in [1.807, 2.05) is 32.0 Å². The highest BCUT2D eigenvalue weighted by Gasteiger charge is 2.43. The van der Waals surface area contributed by atoms with Crippen LogP contribution in [0, 0.1) is 13.8 Å². The molecule has 2 N–H and O–H groups in total. The van der Waals surface area contributed by atoms with Gasteiger partial charge in [0, 0.05) is 6.04 Å². The van der Waals surface area contributed by atoms with E-state index in [1.54, 1.807) is 0 Å². The van der Waals surface area contributed by atoms with Crippen molar-refractivity contribution in [2.45, 2.75) is 58.0 Å². The maximum atomic E-state index is 12.9. The maximum absolute atomic E-state index is 12.9. The summed E-state index contributed by atoms with van der Waals surface area (Å²) < 4.78 is 5.25. The second-order valence-corrected chi connectivity index (χ2v) is 8.17. The van der Waals surface area contributed by atoms with Gasteiger partial charge in [0.05, 0.1) is 17.3 Å². The van der Waals surface area contributed by atoms with E-state index in [2.05, 4.69) is 10.6 Å². The zero-order chi connectivity index (χ0) is 20.5. The molecule has 3 amide bonds. The van der Waals surface area contributed by atoms with Crippen LogP contribution in [0.1, 0.15) is 54.8 Å². The van der Waals surface area contributed by atoms with Gasteiger partial charge in [-0.15, -0.1) is 0 Å². The summed E-state index contributed by atoms with van der Waals surface area (Å²) in [5.41, 5.74) is 3.81. The minimum Gasteiger partial charge on any atom is -0.456 e. The Bertz CT molecular complexity index is 886. The van der Waals surface area contributed by atoms with Crippen LogP contribution in [0.2, 0.25) is 0 Å². The number of urea groups is 1. The number of benzene rings is 1. The van der Waals surface area contributed by atoms with E-state index in [-0.39, 0.29) is 31.1 Å². The molecule has 1 atom stereocenters. The summed E-state index contributed by atoms with van der Waals surface area (Å²) in [4.78, 5) is 39.3. The molecule has 3 aliphatic rings. The molecule has 29 heavy (non-hydrogen) atoms.